The van der Waals surface area contributed by atoms with Crippen LogP contribution in [0.1, 0.15) is 85.5 Å². The second kappa shape index (κ2) is 20.9. The minimum Gasteiger partial charge on any atom is -0.396 e. The maximum absolute atomic E-state index is 9.01. The van der Waals surface area contributed by atoms with Gasteiger partial charge in [0.05, 0.1) is 6.61 Å². The van der Waals surface area contributed by atoms with Crippen molar-refractivity contribution in [3.05, 3.63) is 0 Å². The van der Waals surface area contributed by atoms with Crippen molar-refractivity contribution in [1.82, 2.24) is 4.90 Å². The average Bonchev–Trinajstić information content (AvgIpc) is 2.51. The highest BCUT2D eigenvalue weighted by atomic mass is 16.3. The first-order valence-electron chi connectivity index (χ1n) is 9.56. The van der Waals surface area contributed by atoms with Crippen LogP contribution in [0.3, 0.4) is 0 Å². The molecule has 0 radical (unpaired) electrons. The maximum Gasteiger partial charge on any atom is 0.0558 e. The van der Waals surface area contributed by atoms with E-state index in [4.69, 9.17) is 10.2 Å². The number of hydrogen-bond acceptors (Lipinski definition) is 3. The van der Waals surface area contributed by atoms with Crippen LogP contribution in [0, 0.1) is 5.92 Å². The van der Waals surface area contributed by atoms with Gasteiger partial charge in [0.1, 0.15) is 0 Å². The zero-order valence-corrected chi connectivity index (χ0v) is 15.8. The summed E-state index contributed by atoms with van der Waals surface area (Å²) in [5.41, 5.74) is 0. The summed E-state index contributed by atoms with van der Waals surface area (Å²) in [6.07, 6.45) is 10.9. The number of rotatable bonds is 14. The van der Waals surface area contributed by atoms with Gasteiger partial charge in [-0.15, -0.1) is 0 Å². The third-order valence-corrected chi connectivity index (χ3v) is 3.94. The number of nitrogens with zero attached hydrogens (tertiary/aromatic N) is 1. The first kappa shape index (κ1) is 24.1. The predicted octanol–water partition coefficient (Wildman–Crippen LogP) is 4.47. The van der Waals surface area contributed by atoms with Crippen molar-refractivity contribution in [1.29, 1.82) is 0 Å². The zero-order valence-electron chi connectivity index (χ0n) is 15.8. The second-order valence-corrected chi connectivity index (χ2v) is 6.57. The average molecular weight is 318 g/mol. The molecule has 0 heterocycles. The fourth-order valence-corrected chi connectivity index (χ4v) is 2.04. The van der Waals surface area contributed by atoms with Crippen molar-refractivity contribution in [2.24, 2.45) is 5.92 Å². The fraction of sp³-hybridized carbons (Fsp3) is 1.00. The molecule has 0 aromatic carbocycles. The van der Waals surface area contributed by atoms with Crippen molar-refractivity contribution in [2.45, 2.75) is 85.5 Å². The number of aliphatic hydroxyl groups is 2. The van der Waals surface area contributed by atoms with Crippen LogP contribution in [0.25, 0.3) is 0 Å². The van der Waals surface area contributed by atoms with Crippen molar-refractivity contribution >= 4 is 0 Å². The molecule has 0 aliphatic carbocycles. The fourth-order valence-electron chi connectivity index (χ4n) is 2.04. The summed E-state index contributed by atoms with van der Waals surface area (Å²) in [4.78, 5) is 2.37. The van der Waals surface area contributed by atoms with Crippen molar-refractivity contribution < 1.29 is 10.2 Å². The molecule has 0 amide bonds. The molecule has 0 unspecified atom stereocenters. The van der Waals surface area contributed by atoms with Crippen LogP contribution >= 0.6 is 0 Å². The Kier molecular flexibility index (Phi) is 22.9. The summed E-state index contributed by atoms with van der Waals surface area (Å²) < 4.78 is 0. The molecule has 0 aliphatic rings. The molecule has 0 spiro atoms. The molecule has 3 nitrogen and oxygen atoms in total. The molecule has 0 saturated heterocycles. The SMILES string of the molecule is CCC(C)C.CCCCCCN(CCO)CCCCCCO. The number of hydrogen-bond donors (Lipinski definition) is 2. The van der Waals surface area contributed by atoms with E-state index in [0.717, 1.165) is 38.4 Å². The van der Waals surface area contributed by atoms with Crippen LogP contribution in [-0.2, 0) is 0 Å². The van der Waals surface area contributed by atoms with Crippen LogP contribution in [0.4, 0.5) is 0 Å². The van der Waals surface area contributed by atoms with Crippen LogP contribution in [0.2, 0.25) is 0 Å². The summed E-state index contributed by atoms with van der Waals surface area (Å²) in [6, 6.07) is 0. The van der Waals surface area contributed by atoms with Crippen LogP contribution in [-0.4, -0.2) is 48.0 Å². The predicted molar refractivity (Wildman–Crippen MR) is 98.4 cm³/mol. The van der Waals surface area contributed by atoms with Crippen molar-refractivity contribution in [2.75, 3.05) is 32.8 Å². The molecular weight excluding hydrogens is 274 g/mol. The Morgan fingerprint density at radius 1 is 0.682 bits per heavy atom. The third kappa shape index (κ3) is 22.2. The third-order valence-electron chi connectivity index (χ3n) is 3.94. The molecule has 0 aromatic rings. The molecule has 0 aliphatic heterocycles. The van der Waals surface area contributed by atoms with E-state index in [9.17, 15) is 0 Å². The molecule has 2 N–H and O–H groups in total. The van der Waals surface area contributed by atoms with E-state index in [1.807, 2.05) is 0 Å². The molecule has 0 rings (SSSR count). The molecule has 0 atom stereocenters. The molecule has 0 fully saturated rings. The first-order valence-corrected chi connectivity index (χ1v) is 9.56. The van der Waals surface area contributed by atoms with Gasteiger partial charge < -0.3 is 15.1 Å². The van der Waals surface area contributed by atoms with Gasteiger partial charge in [-0.2, -0.15) is 0 Å². The lowest BCUT2D eigenvalue weighted by Crippen LogP contribution is -2.29. The Morgan fingerprint density at radius 2 is 1.18 bits per heavy atom. The summed E-state index contributed by atoms with van der Waals surface area (Å²) >= 11 is 0. The van der Waals surface area contributed by atoms with Gasteiger partial charge in [0.15, 0.2) is 0 Å². The van der Waals surface area contributed by atoms with Crippen LogP contribution in [0.5, 0.6) is 0 Å². The van der Waals surface area contributed by atoms with Gasteiger partial charge in [-0.25, -0.2) is 0 Å². The number of aliphatic hydroxyl groups excluding tert-OH is 2. The Labute approximate surface area is 140 Å². The van der Waals surface area contributed by atoms with E-state index >= 15 is 0 Å². The zero-order chi connectivity index (χ0) is 17.1. The monoisotopic (exact) mass is 317 g/mol. The smallest absolute Gasteiger partial charge is 0.0558 e. The second-order valence-electron chi connectivity index (χ2n) is 6.57. The minimum absolute atomic E-state index is 0.268. The minimum atomic E-state index is 0.268. The van der Waals surface area contributed by atoms with Crippen LogP contribution in [0.15, 0.2) is 0 Å². The first-order chi connectivity index (χ1) is 10.6. The van der Waals surface area contributed by atoms with Gasteiger partial charge in [0.25, 0.3) is 0 Å². The summed E-state index contributed by atoms with van der Waals surface area (Å²) in [6.45, 7) is 12.5. The van der Waals surface area contributed by atoms with E-state index in [2.05, 4.69) is 32.6 Å². The van der Waals surface area contributed by atoms with Gasteiger partial charge in [-0.1, -0.05) is 66.2 Å². The summed E-state index contributed by atoms with van der Waals surface area (Å²) in [7, 11) is 0. The normalized spacial score (nSPS) is 10.9. The van der Waals surface area contributed by atoms with Crippen LogP contribution < -0.4 is 0 Å². The lowest BCUT2D eigenvalue weighted by molar-refractivity contribution is 0.190. The molecule has 136 valence electrons. The molecule has 0 bridgehead atoms. The van der Waals surface area contributed by atoms with E-state index in [1.165, 1.54) is 44.9 Å². The highest BCUT2D eigenvalue weighted by Gasteiger charge is 2.03. The quantitative estimate of drug-likeness (QED) is 0.465. The van der Waals surface area contributed by atoms with Gasteiger partial charge in [-0.05, 0) is 38.3 Å². The lowest BCUT2D eigenvalue weighted by Gasteiger charge is -2.21. The highest BCUT2D eigenvalue weighted by molar-refractivity contribution is 4.58. The van der Waals surface area contributed by atoms with E-state index in [1.54, 1.807) is 0 Å². The van der Waals surface area contributed by atoms with Crippen molar-refractivity contribution in [3.8, 4) is 0 Å². The van der Waals surface area contributed by atoms with E-state index in [0.29, 0.717) is 6.61 Å². The molecule has 3 heteroatoms. The van der Waals surface area contributed by atoms with Gasteiger partial charge in [0.2, 0.25) is 0 Å². The van der Waals surface area contributed by atoms with Gasteiger partial charge in [-0.3, -0.25) is 0 Å². The van der Waals surface area contributed by atoms with E-state index < -0.39 is 0 Å². The Balaban J connectivity index is 0. The lowest BCUT2D eigenvalue weighted by atomic mass is 10.1. The number of unbranched alkanes of at least 4 members (excludes halogenated alkanes) is 6. The maximum atomic E-state index is 9.01. The summed E-state index contributed by atoms with van der Waals surface area (Å²) in [5.74, 6) is 0.884. The largest absolute Gasteiger partial charge is 0.396 e. The topological polar surface area (TPSA) is 43.7 Å². The Bertz CT molecular complexity index is 186. The molecule has 0 aromatic heterocycles. The standard InChI is InChI=1S/C14H31NO2.C5H12/c1-2-3-4-7-10-15(12-14-17)11-8-5-6-9-13-16;1-4-5(2)3/h16-17H,2-14H2,1H3;5H,4H2,1-3H3. The molecule has 22 heavy (non-hydrogen) atoms. The molecular formula is C19H43NO2. The van der Waals surface area contributed by atoms with E-state index in [-0.39, 0.29) is 6.61 Å². The molecule has 0 saturated carbocycles. The summed E-state index contributed by atoms with van der Waals surface area (Å²) in [5, 5.41) is 17.7. The Morgan fingerprint density at radius 3 is 1.59 bits per heavy atom. The van der Waals surface area contributed by atoms with Gasteiger partial charge >= 0.3 is 0 Å². The van der Waals surface area contributed by atoms with Gasteiger partial charge in [0, 0.05) is 13.2 Å². The Hall–Kier alpha value is -0.120. The van der Waals surface area contributed by atoms with Crippen molar-refractivity contribution in [3.63, 3.8) is 0 Å². The highest BCUT2D eigenvalue weighted by Crippen LogP contribution is 2.05.